The number of ether oxygens (including phenoxy) is 1. The van der Waals surface area contributed by atoms with E-state index < -0.39 is 0 Å². The van der Waals surface area contributed by atoms with Gasteiger partial charge < -0.3 is 14.5 Å². The van der Waals surface area contributed by atoms with Gasteiger partial charge in [0, 0.05) is 22.9 Å². The summed E-state index contributed by atoms with van der Waals surface area (Å²) in [5.41, 5.74) is 1.44. The third kappa shape index (κ3) is 4.10. The lowest BCUT2D eigenvalue weighted by Crippen LogP contribution is -3.22. The third-order valence-corrected chi connectivity index (χ3v) is 6.01. The number of quaternary nitrogens is 2. The van der Waals surface area contributed by atoms with Crippen molar-refractivity contribution >= 4 is 15.9 Å². The minimum atomic E-state index is 0.421. The molecule has 0 aromatic heterocycles. The summed E-state index contributed by atoms with van der Waals surface area (Å²) >= 11 is 3.68. The average Bonchev–Trinajstić information content (AvgIpc) is 2.49. The van der Waals surface area contributed by atoms with Crippen LogP contribution in [-0.4, -0.2) is 44.4 Å². The predicted molar refractivity (Wildman–Crippen MR) is 92.3 cm³/mol. The van der Waals surface area contributed by atoms with E-state index in [4.69, 9.17) is 4.74 Å². The second kappa shape index (κ2) is 7.43. The van der Waals surface area contributed by atoms with Crippen LogP contribution < -0.4 is 9.80 Å². The molecular weight excluding hydrogens is 340 g/mol. The van der Waals surface area contributed by atoms with Gasteiger partial charge in [0.05, 0.1) is 19.1 Å². The van der Waals surface area contributed by atoms with E-state index in [2.05, 4.69) is 54.0 Å². The van der Waals surface area contributed by atoms with Gasteiger partial charge >= 0.3 is 0 Å². The standard InChI is InChI=1S/C18H27BrN2O/c1-14-11-21(12-15(2)22-14)17-7-9-20(10-8-17)13-16-5-3-4-6-18(16)19/h3-6,14-15,17H,7-13H2,1-2H3/p+2/t14-,15+. The van der Waals surface area contributed by atoms with Crippen molar-refractivity contribution in [2.45, 2.75) is 51.5 Å². The summed E-state index contributed by atoms with van der Waals surface area (Å²) in [6, 6.07) is 9.49. The average molecular weight is 369 g/mol. The van der Waals surface area contributed by atoms with E-state index in [0.29, 0.717) is 12.2 Å². The Labute approximate surface area is 142 Å². The second-order valence-corrected chi connectivity index (χ2v) is 7.97. The van der Waals surface area contributed by atoms with Gasteiger partial charge in [-0.25, -0.2) is 0 Å². The summed E-state index contributed by atoms with van der Waals surface area (Å²) < 4.78 is 7.14. The molecule has 2 N–H and O–H groups in total. The summed E-state index contributed by atoms with van der Waals surface area (Å²) in [7, 11) is 0. The van der Waals surface area contributed by atoms with Gasteiger partial charge in [-0.05, 0) is 19.9 Å². The molecule has 2 aliphatic rings. The number of rotatable bonds is 3. The molecule has 122 valence electrons. The monoisotopic (exact) mass is 368 g/mol. The van der Waals surface area contributed by atoms with E-state index in [1.165, 1.54) is 49.1 Å². The lowest BCUT2D eigenvalue weighted by Gasteiger charge is -2.39. The van der Waals surface area contributed by atoms with Gasteiger partial charge in [-0.2, -0.15) is 0 Å². The van der Waals surface area contributed by atoms with Crippen LogP contribution in [-0.2, 0) is 11.3 Å². The zero-order valence-corrected chi connectivity index (χ0v) is 15.4. The lowest BCUT2D eigenvalue weighted by molar-refractivity contribution is -0.970. The maximum atomic E-state index is 5.89. The van der Waals surface area contributed by atoms with Crippen LogP contribution in [0.4, 0.5) is 0 Å². The van der Waals surface area contributed by atoms with Crippen LogP contribution in [0, 0.1) is 0 Å². The Morgan fingerprint density at radius 2 is 1.73 bits per heavy atom. The molecule has 0 spiro atoms. The van der Waals surface area contributed by atoms with Crippen LogP contribution in [0.15, 0.2) is 28.7 Å². The van der Waals surface area contributed by atoms with Crippen LogP contribution in [0.1, 0.15) is 32.3 Å². The summed E-state index contributed by atoms with van der Waals surface area (Å²) in [4.78, 5) is 3.52. The molecule has 2 saturated heterocycles. The molecule has 0 amide bonds. The van der Waals surface area contributed by atoms with E-state index in [1.54, 1.807) is 9.80 Å². The Hall–Kier alpha value is -0.420. The van der Waals surface area contributed by atoms with Gasteiger partial charge in [-0.15, -0.1) is 0 Å². The number of likely N-dealkylation sites (tertiary alicyclic amines) is 1. The second-order valence-electron chi connectivity index (χ2n) is 7.12. The zero-order chi connectivity index (χ0) is 15.5. The quantitative estimate of drug-likeness (QED) is 0.803. The fourth-order valence-corrected chi connectivity index (χ4v) is 4.60. The number of morpholine rings is 1. The van der Waals surface area contributed by atoms with E-state index in [0.717, 1.165) is 12.6 Å². The van der Waals surface area contributed by atoms with Gasteiger partial charge in [0.15, 0.2) is 0 Å². The molecule has 0 radical (unpaired) electrons. The minimum absolute atomic E-state index is 0.421. The zero-order valence-electron chi connectivity index (χ0n) is 13.8. The molecule has 0 bridgehead atoms. The fraction of sp³-hybridized carbons (Fsp3) is 0.667. The van der Waals surface area contributed by atoms with Crippen LogP contribution >= 0.6 is 15.9 Å². The Morgan fingerprint density at radius 1 is 1.09 bits per heavy atom. The van der Waals surface area contributed by atoms with Gasteiger partial charge in [-0.3, -0.25) is 0 Å². The first kappa shape index (κ1) is 16.4. The normalized spacial score (nSPS) is 36.2. The highest BCUT2D eigenvalue weighted by Gasteiger charge is 2.35. The molecule has 3 nitrogen and oxygen atoms in total. The summed E-state index contributed by atoms with van der Waals surface area (Å²) in [6.07, 6.45) is 3.55. The molecule has 22 heavy (non-hydrogen) atoms. The topological polar surface area (TPSA) is 18.1 Å². The molecule has 2 aliphatic heterocycles. The first-order valence-electron chi connectivity index (χ1n) is 8.69. The maximum Gasteiger partial charge on any atom is 0.104 e. The summed E-state index contributed by atoms with van der Waals surface area (Å²) in [5, 5.41) is 0. The largest absolute Gasteiger partial charge is 0.364 e. The van der Waals surface area contributed by atoms with Crippen molar-refractivity contribution in [2.24, 2.45) is 0 Å². The Kier molecular flexibility index (Phi) is 5.55. The van der Waals surface area contributed by atoms with Gasteiger partial charge in [0.1, 0.15) is 31.8 Å². The van der Waals surface area contributed by atoms with E-state index in [1.807, 2.05) is 0 Å². The van der Waals surface area contributed by atoms with Crippen LogP contribution in [0.5, 0.6) is 0 Å². The highest BCUT2D eigenvalue weighted by molar-refractivity contribution is 9.10. The van der Waals surface area contributed by atoms with Gasteiger partial charge in [-0.1, -0.05) is 34.1 Å². The molecule has 2 fully saturated rings. The summed E-state index contributed by atoms with van der Waals surface area (Å²) in [5.74, 6) is 0. The van der Waals surface area contributed by atoms with E-state index in [9.17, 15) is 0 Å². The molecule has 0 aliphatic carbocycles. The minimum Gasteiger partial charge on any atom is -0.364 e. The molecule has 1 aromatic carbocycles. The van der Waals surface area contributed by atoms with Crippen LogP contribution in [0.3, 0.4) is 0 Å². The molecule has 0 saturated carbocycles. The maximum absolute atomic E-state index is 5.89. The first-order valence-corrected chi connectivity index (χ1v) is 9.48. The molecule has 3 rings (SSSR count). The SMILES string of the molecule is C[C@@H]1C[NH+](C2CC[NH+](Cc3ccccc3Br)CC2)C[C@H](C)O1. The number of hydrogen-bond donors (Lipinski definition) is 2. The van der Waals surface area contributed by atoms with Crippen molar-refractivity contribution in [1.82, 2.24) is 0 Å². The van der Waals surface area contributed by atoms with Crippen molar-refractivity contribution in [1.29, 1.82) is 0 Å². The summed E-state index contributed by atoms with van der Waals surface area (Å²) in [6.45, 7) is 10.6. The van der Waals surface area contributed by atoms with Crippen LogP contribution in [0.2, 0.25) is 0 Å². The van der Waals surface area contributed by atoms with Gasteiger partial charge in [0.25, 0.3) is 0 Å². The highest BCUT2D eigenvalue weighted by atomic mass is 79.9. The highest BCUT2D eigenvalue weighted by Crippen LogP contribution is 2.14. The first-order chi connectivity index (χ1) is 10.6. The number of piperidine rings is 1. The van der Waals surface area contributed by atoms with E-state index >= 15 is 0 Å². The Morgan fingerprint density at radius 3 is 2.36 bits per heavy atom. The molecule has 2 heterocycles. The van der Waals surface area contributed by atoms with Crippen molar-refractivity contribution in [3.8, 4) is 0 Å². The number of halogens is 1. The van der Waals surface area contributed by atoms with Gasteiger partial charge in [0.2, 0.25) is 0 Å². The molecule has 1 aromatic rings. The van der Waals surface area contributed by atoms with E-state index in [-0.39, 0.29) is 0 Å². The number of benzene rings is 1. The lowest BCUT2D eigenvalue weighted by atomic mass is 10.0. The number of hydrogen-bond acceptors (Lipinski definition) is 1. The Balaban J connectivity index is 1.51. The van der Waals surface area contributed by atoms with Crippen molar-refractivity contribution in [3.63, 3.8) is 0 Å². The molecule has 3 atom stereocenters. The van der Waals surface area contributed by atoms with Crippen LogP contribution in [0.25, 0.3) is 0 Å². The van der Waals surface area contributed by atoms with Crippen molar-refractivity contribution < 1.29 is 14.5 Å². The molecule has 4 heteroatoms. The smallest absolute Gasteiger partial charge is 0.104 e. The third-order valence-electron chi connectivity index (χ3n) is 5.23. The molecule has 1 unspecified atom stereocenters. The van der Waals surface area contributed by atoms with Crippen molar-refractivity contribution in [2.75, 3.05) is 26.2 Å². The Bertz CT molecular complexity index is 478. The molecular formula is C18H29BrN2O+2. The van der Waals surface area contributed by atoms with Crippen molar-refractivity contribution in [3.05, 3.63) is 34.3 Å². The fourth-order valence-electron chi connectivity index (χ4n) is 4.17. The predicted octanol–water partition coefficient (Wildman–Crippen LogP) is 0.689. The number of nitrogens with one attached hydrogen (secondary N) is 2.